The minimum atomic E-state index is -0.163. The molecule has 2 nitrogen and oxygen atoms in total. The zero-order chi connectivity index (χ0) is 12.7. The van der Waals surface area contributed by atoms with Crippen molar-refractivity contribution < 1.29 is 4.39 Å². The van der Waals surface area contributed by atoms with Crippen molar-refractivity contribution in [2.45, 2.75) is 13.3 Å². The predicted octanol–water partition coefficient (Wildman–Crippen LogP) is 3.00. The molecule has 0 fully saturated rings. The van der Waals surface area contributed by atoms with Crippen LogP contribution in [0.25, 0.3) is 16.5 Å². The molecule has 0 atom stereocenters. The van der Waals surface area contributed by atoms with Crippen LogP contribution in [0.15, 0.2) is 24.3 Å². The van der Waals surface area contributed by atoms with Crippen molar-refractivity contribution in [2.75, 3.05) is 13.1 Å². The highest BCUT2D eigenvalue weighted by molar-refractivity contribution is 5.95. The average molecular weight is 244 g/mol. The molecule has 1 N–H and O–H groups in total. The summed E-state index contributed by atoms with van der Waals surface area (Å²) in [5, 5.41) is 4.34. The van der Waals surface area contributed by atoms with Crippen LogP contribution in [0.5, 0.6) is 0 Å². The number of rotatable bonds is 1. The van der Waals surface area contributed by atoms with Gasteiger partial charge in [-0.2, -0.15) is 0 Å². The van der Waals surface area contributed by atoms with Gasteiger partial charge < -0.3 is 9.88 Å². The van der Waals surface area contributed by atoms with Crippen molar-refractivity contribution in [1.29, 1.82) is 0 Å². The first kappa shape index (κ1) is 11.5. The lowest BCUT2D eigenvalue weighted by molar-refractivity contribution is 0.629. The first-order chi connectivity index (χ1) is 8.68. The van der Waals surface area contributed by atoms with Gasteiger partial charge in [-0.15, -0.1) is 0 Å². The van der Waals surface area contributed by atoms with E-state index < -0.39 is 0 Å². The molecular weight excluding hydrogens is 227 g/mol. The van der Waals surface area contributed by atoms with Gasteiger partial charge in [-0.3, -0.25) is 0 Å². The van der Waals surface area contributed by atoms with E-state index in [1.165, 1.54) is 22.9 Å². The Morgan fingerprint density at radius 2 is 2.17 bits per heavy atom. The minimum absolute atomic E-state index is 0.163. The Balaban J connectivity index is 2.30. The maximum atomic E-state index is 13.5. The van der Waals surface area contributed by atoms with Crippen molar-refractivity contribution in [2.24, 2.45) is 7.05 Å². The predicted molar refractivity (Wildman–Crippen MR) is 73.1 cm³/mol. The molecule has 0 amide bonds. The lowest BCUT2D eigenvalue weighted by Gasteiger charge is -2.14. The Morgan fingerprint density at radius 1 is 1.33 bits per heavy atom. The summed E-state index contributed by atoms with van der Waals surface area (Å²) in [7, 11) is 2.04. The van der Waals surface area contributed by atoms with Crippen LogP contribution in [0.2, 0.25) is 0 Å². The highest BCUT2D eigenvalue weighted by Crippen LogP contribution is 2.33. The van der Waals surface area contributed by atoms with Crippen LogP contribution in [-0.4, -0.2) is 17.7 Å². The van der Waals surface area contributed by atoms with Crippen LogP contribution in [-0.2, 0) is 7.05 Å². The molecule has 2 heterocycles. The highest BCUT2D eigenvalue weighted by atomic mass is 19.1. The van der Waals surface area contributed by atoms with Gasteiger partial charge in [0.15, 0.2) is 0 Å². The van der Waals surface area contributed by atoms with Gasteiger partial charge in [-0.1, -0.05) is 6.08 Å². The Bertz CT molecular complexity index is 637. The second kappa shape index (κ2) is 4.25. The van der Waals surface area contributed by atoms with Gasteiger partial charge in [-0.25, -0.2) is 4.39 Å². The lowest BCUT2D eigenvalue weighted by atomic mass is 9.97. The third-order valence-corrected chi connectivity index (χ3v) is 3.84. The fourth-order valence-corrected chi connectivity index (χ4v) is 2.80. The molecule has 0 bridgehead atoms. The zero-order valence-electron chi connectivity index (χ0n) is 10.8. The van der Waals surface area contributed by atoms with Gasteiger partial charge >= 0.3 is 0 Å². The summed E-state index contributed by atoms with van der Waals surface area (Å²) in [5.41, 5.74) is 4.86. The van der Waals surface area contributed by atoms with Crippen molar-refractivity contribution in [3.05, 3.63) is 41.3 Å². The van der Waals surface area contributed by atoms with Gasteiger partial charge in [0.2, 0.25) is 0 Å². The maximum Gasteiger partial charge on any atom is 0.123 e. The van der Waals surface area contributed by atoms with Crippen LogP contribution in [0.3, 0.4) is 0 Å². The van der Waals surface area contributed by atoms with E-state index in [1.807, 2.05) is 13.1 Å². The summed E-state index contributed by atoms with van der Waals surface area (Å²) in [6.07, 6.45) is 3.23. The van der Waals surface area contributed by atoms with Gasteiger partial charge in [0, 0.05) is 35.8 Å². The topological polar surface area (TPSA) is 17.0 Å². The monoisotopic (exact) mass is 244 g/mol. The van der Waals surface area contributed by atoms with E-state index in [2.05, 4.69) is 22.9 Å². The first-order valence-corrected chi connectivity index (χ1v) is 6.33. The Kier molecular flexibility index (Phi) is 2.71. The van der Waals surface area contributed by atoms with Crippen LogP contribution in [0.1, 0.15) is 17.7 Å². The minimum Gasteiger partial charge on any atom is -0.347 e. The van der Waals surface area contributed by atoms with Gasteiger partial charge in [0.1, 0.15) is 5.82 Å². The molecule has 3 rings (SSSR count). The number of halogens is 1. The van der Waals surface area contributed by atoms with E-state index in [9.17, 15) is 4.39 Å². The van der Waals surface area contributed by atoms with Crippen LogP contribution < -0.4 is 5.32 Å². The summed E-state index contributed by atoms with van der Waals surface area (Å²) in [6.45, 7) is 4.01. The number of fused-ring (bicyclic) bond motifs is 1. The molecule has 1 aromatic carbocycles. The average Bonchev–Trinajstić information content (AvgIpc) is 2.63. The molecule has 2 aromatic rings. The number of nitrogens with one attached hydrogen (secondary N) is 1. The second-order valence-electron chi connectivity index (χ2n) is 4.86. The molecule has 18 heavy (non-hydrogen) atoms. The van der Waals surface area contributed by atoms with Crippen molar-refractivity contribution >= 4 is 16.5 Å². The molecule has 0 unspecified atom stereocenters. The maximum absolute atomic E-state index is 13.5. The fraction of sp³-hybridized carbons (Fsp3) is 0.333. The number of benzene rings is 1. The normalized spacial score (nSPS) is 16.1. The molecule has 0 spiro atoms. The van der Waals surface area contributed by atoms with Gasteiger partial charge in [-0.05, 0) is 43.7 Å². The standard InChI is InChI=1S/C15H17FN2/c1-10-15(11-5-7-17-8-6-11)13-9-12(16)3-4-14(13)18(10)2/h3-5,9,17H,6-8H2,1-2H3. The van der Waals surface area contributed by atoms with E-state index in [4.69, 9.17) is 0 Å². The third-order valence-electron chi connectivity index (χ3n) is 3.84. The third kappa shape index (κ3) is 1.66. The zero-order valence-corrected chi connectivity index (χ0v) is 10.8. The van der Waals surface area contributed by atoms with E-state index in [0.717, 1.165) is 30.4 Å². The summed E-state index contributed by atoms with van der Waals surface area (Å²) >= 11 is 0. The van der Waals surface area contributed by atoms with Crippen LogP contribution >= 0.6 is 0 Å². The molecule has 1 aliphatic rings. The van der Waals surface area contributed by atoms with Crippen molar-refractivity contribution in [3.63, 3.8) is 0 Å². The Morgan fingerprint density at radius 3 is 2.89 bits per heavy atom. The summed E-state index contributed by atoms with van der Waals surface area (Å²) in [5.74, 6) is -0.163. The second-order valence-corrected chi connectivity index (χ2v) is 4.86. The number of hydrogen-bond acceptors (Lipinski definition) is 1. The summed E-state index contributed by atoms with van der Waals surface area (Å²) in [6, 6.07) is 5.05. The summed E-state index contributed by atoms with van der Waals surface area (Å²) < 4.78 is 15.6. The van der Waals surface area contributed by atoms with E-state index >= 15 is 0 Å². The van der Waals surface area contributed by atoms with Gasteiger partial charge in [0.25, 0.3) is 0 Å². The van der Waals surface area contributed by atoms with Crippen molar-refractivity contribution in [3.8, 4) is 0 Å². The highest BCUT2D eigenvalue weighted by Gasteiger charge is 2.17. The number of aryl methyl sites for hydroxylation is 1. The summed E-state index contributed by atoms with van der Waals surface area (Å²) in [4.78, 5) is 0. The van der Waals surface area contributed by atoms with E-state index in [0.29, 0.717) is 0 Å². The number of hydrogen-bond donors (Lipinski definition) is 1. The largest absolute Gasteiger partial charge is 0.347 e. The lowest BCUT2D eigenvalue weighted by Crippen LogP contribution is -2.20. The Labute approximate surface area is 106 Å². The molecule has 0 aliphatic carbocycles. The molecule has 3 heteroatoms. The molecule has 1 aromatic heterocycles. The van der Waals surface area contributed by atoms with Crippen LogP contribution in [0, 0.1) is 12.7 Å². The first-order valence-electron chi connectivity index (χ1n) is 6.33. The van der Waals surface area contributed by atoms with Crippen LogP contribution in [0.4, 0.5) is 4.39 Å². The molecule has 0 saturated carbocycles. The van der Waals surface area contributed by atoms with Crippen molar-refractivity contribution in [1.82, 2.24) is 9.88 Å². The van der Waals surface area contributed by atoms with E-state index in [1.54, 1.807) is 6.07 Å². The number of aromatic nitrogens is 1. The SMILES string of the molecule is Cc1c(C2=CCNCC2)c2cc(F)ccc2n1C. The van der Waals surface area contributed by atoms with E-state index in [-0.39, 0.29) is 5.82 Å². The fourth-order valence-electron chi connectivity index (χ4n) is 2.80. The quantitative estimate of drug-likeness (QED) is 0.816. The van der Waals surface area contributed by atoms with Gasteiger partial charge in [0.05, 0.1) is 0 Å². The molecule has 0 radical (unpaired) electrons. The molecular formula is C15H17FN2. The number of nitrogens with zero attached hydrogens (tertiary/aromatic N) is 1. The Hall–Kier alpha value is -1.61. The smallest absolute Gasteiger partial charge is 0.123 e. The molecule has 1 aliphatic heterocycles. The molecule has 94 valence electrons. The molecule has 0 saturated heterocycles.